The fourth-order valence-electron chi connectivity index (χ4n) is 2.49. The van der Waals surface area contributed by atoms with Gasteiger partial charge in [-0.3, -0.25) is 9.59 Å². The van der Waals surface area contributed by atoms with E-state index in [0.717, 1.165) is 11.1 Å². The van der Waals surface area contributed by atoms with Crippen LogP contribution in [-0.2, 0) is 16.1 Å². The molecule has 0 unspecified atom stereocenters. The second-order valence-corrected chi connectivity index (χ2v) is 5.91. The highest BCUT2D eigenvalue weighted by atomic mass is 19.1. The standard InChI is InChI=1S/C22H18FNO3/c23-20-12-6-16(7-13-20)15-27-21(25)14-24-22(26)19-10-8-18(9-11-19)17-4-2-1-3-5-17/h1-13H,14-15H2,(H,24,26). The van der Waals surface area contributed by atoms with Gasteiger partial charge in [0.25, 0.3) is 5.91 Å². The minimum Gasteiger partial charge on any atom is -0.460 e. The summed E-state index contributed by atoms with van der Waals surface area (Å²) in [4.78, 5) is 23.9. The Balaban J connectivity index is 1.48. The average molecular weight is 363 g/mol. The minimum atomic E-state index is -0.561. The van der Waals surface area contributed by atoms with Crippen molar-refractivity contribution in [3.63, 3.8) is 0 Å². The number of amides is 1. The number of carbonyl (C=O) groups is 2. The molecule has 0 saturated carbocycles. The summed E-state index contributed by atoms with van der Waals surface area (Å²) in [6.07, 6.45) is 0. The summed E-state index contributed by atoms with van der Waals surface area (Å²) in [5, 5.41) is 2.53. The summed E-state index contributed by atoms with van der Waals surface area (Å²) < 4.78 is 17.9. The molecular weight excluding hydrogens is 345 g/mol. The minimum absolute atomic E-state index is 0.0285. The SMILES string of the molecule is O=C(CNC(=O)c1ccc(-c2ccccc2)cc1)OCc1ccc(F)cc1. The Kier molecular flexibility index (Phi) is 5.94. The largest absolute Gasteiger partial charge is 0.460 e. The maximum Gasteiger partial charge on any atom is 0.325 e. The zero-order valence-corrected chi connectivity index (χ0v) is 14.5. The molecule has 0 saturated heterocycles. The van der Waals surface area contributed by atoms with Crippen LogP contribution in [0.3, 0.4) is 0 Å². The molecule has 0 aliphatic carbocycles. The van der Waals surface area contributed by atoms with Crippen molar-refractivity contribution in [3.8, 4) is 11.1 Å². The van der Waals surface area contributed by atoms with E-state index in [-0.39, 0.29) is 24.9 Å². The van der Waals surface area contributed by atoms with Crippen molar-refractivity contribution >= 4 is 11.9 Å². The van der Waals surface area contributed by atoms with Crippen LogP contribution in [0, 0.1) is 5.82 Å². The third-order valence-corrected chi connectivity index (χ3v) is 3.96. The number of ether oxygens (including phenoxy) is 1. The van der Waals surface area contributed by atoms with E-state index in [1.165, 1.54) is 24.3 Å². The molecule has 0 spiro atoms. The topological polar surface area (TPSA) is 55.4 Å². The summed E-state index contributed by atoms with van der Waals surface area (Å²) in [6, 6.07) is 22.6. The van der Waals surface area contributed by atoms with Gasteiger partial charge in [-0.05, 0) is 41.0 Å². The third-order valence-electron chi connectivity index (χ3n) is 3.96. The van der Waals surface area contributed by atoms with E-state index in [4.69, 9.17) is 4.74 Å². The van der Waals surface area contributed by atoms with E-state index in [2.05, 4.69) is 5.32 Å². The molecule has 0 bridgehead atoms. The van der Waals surface area contributed by atoms with Crippen LogP contribution in [0.5, 0.6) is 0 Å². The van der Waals surface area contributed by atoms with Crippen LogP contribution in [-0.4, -0.2) is 18.4 Å². The predicted octanol–water partition coefficient (Wildman–Crippen LogP) is 3.97. The molecule has 5 heteroatoms. The number of esters is 1. The molecule has 0 radical (unpaired) electrons. The summed E-state index contributed by atoms with van der Waals surface area (Å²) in [7, 11) is 0. The summed E-state index contributed by atoms with van der Waals surface area (Å²) >= 11 is 0. The van der Waals surface area contributed by atoms with Crippen LogP contribution in [0.2, 0.25) is 0 Å². The average Bonchev–Trinajstić information content (AvgIpc) is 2.72. The highest BCUT2D eigenvalue weighted by Gasteiger charge is 2.09. The molecule has 0 aliphatic heterocycles. The van der Waals surface area contributed by atoms with Gasteiger partial charge in [-0.15, -0.1) is 0 Å². The van der Waals surface area contributed by atoms with Crippen LogP contribution < -0.4 is 5.32 Å². The Hall–Kier alpha value is -3.47. The molecule has 3 aromatic rings. The van der Waals surface area contributed by atoms with Crippen molar-refractivity contribution in [1.29, 1.82) is 0 Å². The third kappa shape index (κ3) is 5.25. The maximum atomic E-state index is 12.8. The van der Waals surface area contributed by atoms with Crippen LogP contribution in [0.25, 0.3) is 11.1 Å². The van der Waals surface area contributed by atoms with Gasteiger partial charge in [-0.25, -0.2) is 4.39 Å². The lowest BCUT2D eigenvalue weighted by Gasteiger charge is -2.07. The second-order valence-electron chi connectivity index (χ2n) is 5.91. The van der Waals surface area contributed by atoms with Gasteiger partial charge in [0.15, 0.2) is 0 Å². The first-order valence-electron chi connectivity index (χ1n) is 8.45. The zero-order chi connectivity index (χ0) is 19.1. The number of benzene rings is 3. The number of hydrogen-bond acceptors (Lipinski definition) is 3. The molecule has 1 N–H and O–H groups in total. The van der Waals surface area contributed by atoms with Gasteiger partial charge in [0, 0.05) is 5.56 Å². The quantitative estimate of drug-likeness (QED) is 0.675. The van der Waals surface area contributed by atoms with Crippen LogP contribution in [0.1, 0.15) is 15.9 Å². The van der Waals surface area contributed by atoms with Gasteiger partial charge in [-0.1, -0.05) is 54.6 Å². The van der Waals surface area contributed by atoms with E-state index < -0.39 is 5.97 Å². The lowest BCUT2D eigenvalue weighted by Crippen LogP contribution is -2.30. The highest BCUT2D eigenvalue weighted by Crippen LogP contribution is 2.19. The summed E-state index contributed by atoms with van der Waals surface area (Å²) in [5.74, 6) is -1.27. The zero-order valence-electron chi connectivity index (χ0n) is 14.5. The highest BCUT2D eigenvalue weighted by molar-refractivity contribution is 5.96. The summed E-state index contributed by atoms with van der Waals surface area (Å²) in [5.41, 5.74) is 3.20. The van der Waals surface area contributed by atoms with E-state index in [1.54, 1.807) is 12.1 Å². The summed E-state index contributed by atoms with van der Waals surface area (Å²) in [6.45, 7) is -0.207. The fraction of sp³-hybridized carbons (Fsp3) is 0.0909. The lowest BCUT2D eigenvalue weighted by molar-refractivity contribution is -0.143. The van der Waals surface area contributed by atoms with E-state index in [9.17, 15) is 14.0 Å². The van der Waals surface area contributed by atoms with Crippen molar-refractivity contribution in [2.45, 2.75) is 6.61 Å². The second kappa shape index (κ2) is 8.76. The molecular formula is C22H18FNO3. The molecule has 27 heavy (non-hydrogen) atoms. The first-order chi connectivity index (χ1) is 13.1. The van der Waals surface area contributed by atoms with Crippen molar-refractivity contribution in [3.05, 3.63) is 95.8 Å². The van der Waals surface area contributed by atoms with Gasteiger partial charge in [-0.2, -0.15) is 0 Å². The molecule has 0 aromatic heterocycles. The number of rotatable bonds is 6. The molecule has 4 nitrogen and oxygen atoms in total. The van der Waals surface area contributed by atoms with Crippen LogP contribution >= 0.6 is 0 Å². The number of hydrogen-bond donors (Lipinski definition) is 1. The Morgan fingerprint density at radius 2 is 1.44 bits per heavy atom. The lowest BCUT2D eigenvalue weighted by atomic mass is 10.0. The van der Waals surface area contributed by atoms with E-state index >= 15 is 0 Å². The predicted molar refractivity (Wildman–Crippen MR) is 100 cm³/mol. The smallest absolute Gasteiger partial charge is 0.325 e. The van der Waals surface area contributed by atoms with Gasteiger partial charge >= 0.3 is 5.97 Å². The number of nitrogens with one attached hydrogen (secondary N) is 1. The number of carbonyl (C=O) groups excluding carboxylic acids is 2. The van der Waals surface area contributed by atoms with Crippen LogP contribution in [0.15, 0.2) is 78.9 Å². The first-order valence-corrected chi connectivity index (χ1v) is 8.45. The van der Waals surface area contributed by atoms with Gasteiger partial charge in [0.2, 0.25) is 0 Å². The monoisotopic (exact) mass is 363 g/mol. The first kappa shape index (κ1) is 18.3. The normalized spacial score (nSPS) is 10.3. The van der Waals surface area contributed by atoms with Crippen molar-refractivity contribution < 1.29 is 18.7 Å². The van der Waals surface area contributed by atoms with Crippen molar-refractivity contribution in [2.75, 3.05) is 6.54 Å². The molecule has 0 atom stereocenters. The maximum absolute atomic E-state index is 12.8. The van der Waals surface area contributed by atoms with Crippen LogP contribution in [0.4, 0.5) is 4.39 Å². The fourth-order valence-corrected chi connectivity index (χ4v) is 2.49. The van der Waals surface area contributed by atoms with Gasteiger partial charge in [0.05, 0.1) is 0 Å². The molecule has 0 heterocycles. The molecule has 0 fully saturated rings. The van der Waals surface area contributed by atoms with E-state index in [1.807, 2.05) is 42.5 Å². The Morgan fingerprint density at radius 1 is 0.815 bits per heavy atom. The molecule has 3 rings (SSSR count). The molecule has 136 valence electrons. The molecule has 0 aliphatic rings. The Labute approximate surface area is 156 Å². The Morgan fingerprint density at radius 3 is 2.11 bits per heavy atom. The number of halogens is 1. The van der Waals surface area contributed by atoms with Crippen molar-refractivity contribution in [1.82, 2.24) is 5.32 Å². The van der Waals surface area contributed by atoms with Gasteiger partial charge in [0.1, 0.15) is 19.0 Å². The molecule has 3 aromatic carbocycles. The van der Waals surface area contributed by atoms with Gasteiger partial charge < -0.3 is 10.1 Å². The Bertz CT molecular complexity index is 907. The molecule has 1 amide bonds. The van der Waals surface area contributed by atoms with Crippen molar-refractivity contribution in [2.24, 2.45) is 0 Å². The van der Waals surface area contributed by atoms with E-state index in [0.29, 0.717) is 11.1 Å².